The first-order valence-corrected chi connectivity index (χ1v) is 13.9. The Morgan fingerprint density at radius 3 is 2.72 bits per heavy atom. The van der Waals surface area contributed by atoms with E-state index in [-0.39, 0.29) is 11.9 Å². The minimum Gasteiger partial charge on any atom is -0.379 e. The van der Waals surface area contributed by atoms with Crippen molar-refractivity contribution in [3.8, 4) is 11.1 Å². The van der Waals surface area contributed by atoms with Gasteiger partial charge in [0, 0.05) is 74.7 Å². The molecular weight excluding hydrogens is 488 g/mol. The number of hydrogen-bond donors (Lipinski definition) is 0. The summed E-state index contributed by atoms with van der Waals surface area (Å²) in [5, 5.41) is 9.70. The second-order valence-electron chi connectivity index (χ2n) is 11.1. The molecule has 2 atom stereocenters. The predicted octanol–water partition coefficient (Wildman–Crippen LogP) is 4.63. The molecule has 1 fully saturated rings. The molecular formula is C31H34N6O2. The molecule has 0 saturated carbocycles. The lowest BCUT2D eigenvalue weighted by Gasteiger charge is -2.37. The van der Waals surface area contributed by atoms with Crippen molar-refractivity contribution in [1.29, 1.82) is 0 Å². The van der Waals surface area contributed by atoms with Gasteiger partial charge in [0.25, 0.3) is 0 Å². The number of carbonyl (C=O) groups is 1. The third kappa shape index (κ3) is 4.33. The number of aromatic nitrogens is 4. The lowest BCUT2D eigenvalue weighted by molar-refractivity contribution is -0.129. The zero-order valence-electron chi connectivity index (χ0n) is 22.6. The maximum Gasteiger partial charge on any atom is 0.219 e. The molecule has 8 heteroatoms. The smallest absolute Gasteiger partial charge is 0.219 e. The number of fused-ring (bicyclic) bond motifs is 2. The van der Waals surface area contributed by atoms with E-state index < -0.39 is 0 Å². The van der Waals surface area contributed by atoms with Gasteiger partial charge in [-0.1, -0.05) is 36.4 Å². The molecule has 2 aromatic heterocycles. The summed E-state index contributed by atoms with van der Waals surface area (Å²) in [5.74, 6) is 1.43. The molecule has 1 amide bonds. The van der Waals surface area contributed by atoms with Crippen molar-refractivity contribution >= 4 is 17.4 Å². The Morgan fingerprint density at radius 2 is 1.97 bits per heavy atom. The highest BCUT2D eigenvalue weighted by atomic mass is 16.5. The van der Waals surface area contributed by atoms with Crippen molar-refractivity contribution in [3.63, 3.8) is 0 Å². The van der Waals surface area contributed by atoms with Crippen LogP contribution in [0.3, 0.4) is 0 Å². The van der Waals surface area contributed by atoms with Crippen LogP contribution in [0.4, 0.5) is 11.5 Å². The van der Waals surface area contributed by atoms with Gasteiger partial charge in [-0.3, -0.25) is 14.2 Å². The molecule has 0 N–H and O–H groups in total. The summed E-state index contributed by atoms with van der Waals surface area (Å²) in [4.78, 5) is 16.8. The molecule has 0 aliphatic carbocycles. The Hall–Kier alpha value is -3.91. The number of hydrogen-bond acceptors (Lipinski definition) is 5. The lowest BCUT2D eigenvalue weighted by atomic mass is 9.86. The fourth-order valence-electron chi connectivity index (χ4n) is 6.49. The second-order valence-corrected chi connectivity index (χ2v) is 11.1. The molecule has 3 aliphatic rings. The zero-order valence-corrected chi connectivity index (χ0v) is 22.6. The maximum atomic E-state index is 12.4. The number of aryl methyl sites for hydroxylation is 1. The van der Waals surface area contributed by atoms with E-state index >= 15 is 0 Å². The van der Waals surface area contributed by atoms with Gasteiger partial charge in [0.2, 0.25) is 5.91 Å². The van der Waals surface area contributed by atoms with Gasteiger partial charge in [-0.2, -0.15) is 10.2 Å². The van der Waals surface area contributed by atoms with E-state index in [1.54, 1.807) is 6.92 Å². The number of nitrogens with zero attached hydrogens (tertiary/aromatic N) is 6. The van der Waals surface area contributed by atoms with Gasteiger partial charge in [0.05, 0.1) is 25.4 Å². The largest absolute Gasteiger partial charge is 0.379 e. The third-order valence-electron chi connectivity index (χ3n) is 8.57. The summed E-state index contributed by atoms with van der Waals surface area (Å²) < 4.78 is 9.83. The molecule has 4 aromatic rings. The number of rotatable bonds is 4. The fraction of sp³-hybridized carbons (Fsp3) is 0.387. The first-order valence-electron chi connectivity index (χ1n) is 13.9. The first-order chi connectivity index (χ1) is 19.0. The van der Waals surface area contributed by atoms with Gasteiger partial charge in [-0.25, -0.2) is 0 Å². The molecule has 0 radical (unpaired) electrons. The van der Waals surface area contributed by atoms with Crippen molar-refractivity contribution in [3.05, 3.63) is 83.3 Å². The molecule has 8 nitrogen and oxygen atoms in total. The van der Waals surface area contributed by atoms with Crippen LogP contribution in [0.5, 0.6) is 0 Å². The van der Waals surface area contributed by atoms with Crippen LogP contribution >= 0.6 is 0 Å². The molecule has 200 valence electrons. The Balaban J connectivity index is 1.36. The monoisotopic (exact) mass is 522 g/mol. The first kappa shape index (κ1) is 24.2. The zero-order chi connectivity index (χ0) is 26.5. The Kier molecular flexibility index (Phi) is 6.00. The Morgan fingerprint density at radius 1 is 1.10 bits per heavy atom. The van der Waals surface area contributed by atoms with Gasteiger partial charge >= 0.3 is 0 Å². The molecule has 2 aromatic carbocycles. The van der Waals surface area contributed by atoms with Gasteiger partial charge in [0.15, 0.2) is 5.82 Å². The molecule has 39 heavy (non-hydrogen) atoms. The third-order valence-corrected chi connectivity index (χ3v) is 8.57. The van der Waals surface area contributed by atoms with Gasteiger partial charge in [-0.05, 0) is 41.7 Å². The van der Waals surface area contributed by atoms with Crippen LogP contribution in [0.1, 0.15) is 47.7 Å². The standard InChI is InChI=1S/C31H34N6O2/c1-21(38)35-12-10-30-28(19-35)31(33-37(30)27-11-13-39-20-27)36-18-25(22-6-4-3-5-7-22)15-24-14-23(8-9-29(24)36)26-16-32-34(2)17-26/h3-9,14,16-17,25,27H,10-13,15,18-20H2,1-2H3/t25-,27+/m1/s1. The molecule has 5 heterocycles. The molecule has 0 unspecified atom stereocenters. The molecule has 0 bridgehead atoms. The summed E-state index contributed by atoms with van der Waals surface area (Å²) in [6.07, 6.45) is 6.75. The molecule has 1 saturated heterocycles. The summed E-state index contributed by atoms with van der Waals surface area (Å²) in [7, 11) is 1.95. The number of amides is 1. The van der Waals surface area contributed by atoms with Crippen molar-refractivity contribution in [2.24, 2.45) is 7.05 Å². The van der Waals surface area contributed by atoms with E-state index in [1.165, 1.54) is 33.6 Å². The second kappa shape index (κ2) is 9.68. The van der Waals surface area contributed by atoms with Crippen molar-refractivity contribution in [1.82, 2.24) is 24.5 Å². The van der Waals surface area contributed by atoms with Crippen molar-refractivity contribution in [2.45, 2.75) is 44.7 Å². The SMILES string of the molecule is CC(=O)N1CCc2c(c(N3C[C@H](c4ccccc4)Cc4cc(-c5cnn(C)c5)ccc43)nn2[C@H]2CCOC2)C1. The Bertz CT molecular complexity index is 1520. The average Bonchev–Trinajstić information content (AvgIpc) is 3.72. The van der Waals surface area contributed by atoms with Crippen LogP contribution in [0.2, 0.25) is 0 Å². The molecule has 3 aliphatic heterocycles. The van der Waals surface area contributed by atoms with Crippen molar-refractivity contribution in [2.75, 3.05) is 31.2 Å². The highest BCUT2D eigenvalue weighted by Crippen LogP contribution is 2.43. The molecule has 0 spiro atoms. The average molecular weight is 523 g/mol. The van der Waals surface area contributed by atoms with E-state index in [4.69, 9.17) is 9.84 Å². The van der Waals surface area contributed by atoms with E-state index in [0.717, 1.165) is 50.3 Å². The van der Waals surface area contributed by atoms with E-state index in [1.807, 2.05) is 22.8 Å². The van der Waals surface area contributed by atoms with E-state index in [0.29, 0.717) is 19.1 Å². The van der Waals surface area contributed by atoms with Crippen LogP contribution in [0.25, 0.3) is 11.1 Å². The summed E-state index contributed by atoms with van der Waals surface area (Å²) >= 11 is 0. The van der Waals surface area contributed by atoms with E-state index in [2.05, 4.69) is 69.4 Å². The fourth-order valence-corrected chi connectivity index (χ4v) is 6.49. The summed E-state index contributed by atoms with van der Waals surface area (Å²) in [6.45, 7) is 5.31. The number of benzene rings is 2. The van der Waals surface area contributed by atoms with Gasteiger partial charge < -0.3 is 14.5 Å². The quantitative estimate of drug-likeness (QED) is 0.391. The molecule has 7 rings (SSSR count). The van der Waals surface area contributed by atoms with Crippen molar-refractivity contribution < 1.29 is 9.53 Å². The minimum atomic E-state index is 0.117. The van der Waals surface area contributed by atoms with Crippen LogP contribution in [-0.4, -0.2) is 56.7 Å². The highest BCUT2D eigenvalue weighted by Gasteiger charge is 2.35. The van der Waals surface area contributed by atoms with Gasteiger partial charge in [-0.15, -0.1) is 0 Å². The number of ether oxygens (including phenoxy) is 1. The topological polar surface area (TPSA) is 68.4 Å². The van der Waals surface area contributed by atoms with Crippen LogP contribution in [0, 0.1) is 0 Å². The summed E-state index contributed by atoms with van der Waals surface area (Å²) in [6, 6.07) is 17.8. The van der Waals surface area contributed by atoms with Crippen LogP contribution < -0.4 is 4.90 Å². The number of anilines is 2. The highest BCUT2D eigenvalue weighted by molar-refractivity contribution is 5.76. The van der Waals surface area contributed by atoms with Crippen LogP contribution in [0.15, 0.2) is 60.9 Å². The summed E-state index contributed by atoms with van der Waals surface area (Å²) in [5.41, 5.74) is 8.58. The predicted molar refractivity (Wildman–Crippen MR) is 150 cm³/mol. The van der Waals surface area contributed by atoms with Gasteiger partial charge in [0.1, 0.15) is 0 Å². The lowest BCUT2D eigenvalue weighted by Crippen LogP contribution is -2.36. The minimum absolute atomic E-state index is 0.117. The Labute approximate surface area is 228 Å². The van der Waals surface area contributed by atoms with Crippen LogP contribution in [-0.2, 0) is 36.0 Å². The normalized spacial score (nSPS) is 20.7. The number of carbonyl (C=O) groups excluding carboxylic acids is 1. The maximum absolute atomic E-state index is 12.4. The van der Waals surface area contributed by atoms with E-state index in [9.17, 15) is 4.79 Å².